The highest BCUT2D eigenvalue weighted by atomic mass is 35.5. The van der Waals surface area contributed by atoms with Crippen LogP contribution in [0.2, 0.25) is 10.0 Å². The quantitative estimate of drug-likeness (QED) is 0.372. The first-order valence-corrected chi connectivity index (χ1v) is 15.4. The number of carboxylic acid groups (broad SMARTS) is 1. The number of carbonyl (C=O) groups is 3. The first-order chi connectivity index (χ1) is 19.5. The van der Waals surface area contributed by atoms with E-state index in [4.69, 9.17) is 32.1 Å². The van der Waals surface area contributed by atoms with E-state index in [1.165, 1.54) is 30.3 Å². The molecular formula is C29H27Cl2NO8S. The first kappa shape index (κ1) is 29.2. The summed E-state index contributed by atoms with van der Waals surface area (Å²) in [5.74, 6) is -2.42. The molecule has 3 aliphatic rings. The Morgan fingerprint density at radius 2 is 1.56 bits per heavy atom. The molecule has 216 valence electrons. The van der Waals surface area contributed by atoms with Gasteiger partial charge in [-0.1, -0.05) is 23.2 Å². The van der Waals surface area contributed by atoms with Crippen LogP contribution in [-0.2, 0) is 24.5 Å². The predicted molar refractivity (Wildman–Crippen MR) is 151 cm³/mol. The zero-order chi connectivity index (χ0) is 29.5. The first-order valence-electron chi connectivity index (χ1n) is 13.2. The number of nitrogens with zero attached hydrogens (tertiary/aromatic N) is 1. The third kappa shape index (κ3) is 5.60. The molecule has 2 aliphatic carbocycles. The molecule has 0 aromatic heterocycles. The number of ether oxygens (including phenoxy) is 1. The van der Waals surface area contributed by atoms with E-state index in [2.05, 4.69) is 0 Å². The summed E-state index contributed by atoms with van der Waals surface area (Å²) >= 11 is 12.5. The number of hydrogen-bond acceptors (Lipinski definition) is 8. The molecule has 0 amide bonds. The van der Waals surface area contributed by atoms with Gasteiger partial charge in [-0.05, 0) is 74.6 Å². The molecule has 0 saturated carbocycles. The van der Waals surface area contributed by atoms with Gasteiger partial charge in [0.15, 0.2) is 17.3 Å². The summed E-state index contributed by atoms with van der Waals surface area (Å²) in [5.41, 5.74) is 2.39. The lowest BCUT2D eigenvalue weighted by Gasteiger charge is -2.43. The van der Waals surface area contributed by atoms with Crippen molar-refractivity contribution in [2.45, 2.75) is 56.3 Å². The van der Waals surface area contributed by atoms with Gasteiger partial charge in [-0.25, -0.2) is 0 Å². The van der Waals surface area contributed by atoms with Crippen molar-refractivity contribution in [3.8, 4) is 11.5 Å². The Kier molecular flexibility index (Phi) is 8.18. The van der Waals surface area contributed by atoms with Gasteiger partial charge in [-0.2, -0.15) is 8.42 Å². The minimum Gasteiger partial charge on any atom is -0.490 e. The van der Waals surface area contributed by atoms with Crippen molar-refractivity contribution in [2.75, 3.05) is 13.2 Å². The summed E-state index contributed by atoms with van der Waals surface area (Å²) in [6.45, 7) is 1.50. The van der Waals surface area contributed by atoms with Crippen LogP contribution in [0.4, 0.5) is 0 Å². The topological polar surface area (TPSA) is 127 Å². The number of Topliss-reactive ketones (excluding diaryl/α,β-unsaturated/α-hetero) is 2. The summed E-state index contributed by atoms with van der Waals surface area (Å²) in [4.78, 5) is 40.1. The van der Waals surface area contributed by atoms with Crippen molar-refractivity contribution in [1.82, 2.24) is 4.90 Å². The largest absolute Gasteiger partial charge is 0.490 e. The monoisotopic (exact) mass is 619 g/mol. The number of halogens is 2. The molecule has 1 aliphatic heterocycles. The maximum absolute atomic E-state index is 13.4. The van der Waals surface area contributed by atoms with Gasteiger partial charge in [-0.15, -0.1) is 0 Å². The van der Waals surface area contributed by atoms with Crippen molar-refractivity contribution >= 4 is 50.9 Å². The van der Waals surface area contributed by atoms with Gasteiger partial charge in [0.1, 0.15) is 11.4 Å². The number of ketones is 2. The van der Waals surface area contributed by atoms with Crippen molar-refractivity contribution in [3.05, 3.63) is 74.5 Å². The summed E-state index contributed by atoms with van der Waals surface area (Å²) in [6.07, 6.45) is 2.64. The maximum Gasteiger partial charge on any atom is 0.339 e. The van der Waals surface area contributed by atoms with Gasteiger partial charge in [0.2, 0.25) is 5.75 Å². The molecule has 41 heavy (non-hydrogen) atoms. The van der Waals surface area contributed by atoms with Crippen molar-refractivity contribution < 1.29 is 36.8 Å². The van der Waals surface area contributed by atoms with E-state index in [1.54, 1.807) is 17.9 Å². The van der Waals surface area contributed by atoms with Gasteiger partial charge < -0.3 is 18.9 Å². The zero-order valence-corrected chi connectivity index (χ0v) is 24.4. The van der Waals surface area contributed by atoms with Crippen LogP contribution in [0.3, 0.4) is 0 Å². The number of rotatable bonds is 8. The molecule has 2 aromatic carbocycles. The van der Waals surface area contributed by atoms with Crippen LogP contribution in [0, 0.1) is 0 Å². The van der Waals surface area contributed by atoms with Crippen LogP contribution in [0.1, 0.15) is 56.9 Å². The molecule has 0 fully saturated rings. The summed E-state index contributed by atoms with van der Waals surface area (Å²) in [5, 5.41) is 9.92. The second kappa shape index (κ2) is 11.5. The number of allylic oxidation sites excluding steroid dienone is 4. The molecule has 1 N–H and O–H groups in total. The van der Waals surface area contributed by atoms with Crippen LogP contribution in [0.5, 0.6) is 11.5 Å². The number of hydrogen-bond donors (Lipinski definition) is 1. The molecular weight excluding hydrogens is 593 g/mol. The third-order valence-corrected chi connectivity index (χ3v) is 9.11. The van der Waals surface area contributed by atoms with Gasteiger partial charge in [0.05, 0.1) is 11.6 Å². The van der Waals surface area contributed by atoms with Crippen LogP contribution in [-0.4, -0.2) is 49.1 Å². The lowest BCUT2D eigenvalue weighted by atomic mass is 9.71. The molecule has 0 unspecified atom stereocenters. The molecule has 0 spiro atoms. The minimum atomic E-state index is -4.32. The molecule has 12 heteroatoms. The highest BCUT2D eigenvalue weighted by Crippen LogP contribution is 2.51. The molecule has 0 bridgehead atoms. The van der Waals surface area contributed by atoms with Crippen LogP contribution >= 0.6 is 23.2 Å². The predicted octanol–water partition coefficient (Wildman–Crippen LogP) is 5.66. The second-order valence-corrected chi connectivity index (χ2v) is 12.3. The Labute approximate surface area is 247 Å². The van der Waals surface area contributed by atoms with E-state index >= 15 is 0 Å². The fourth-order valence-electron chi connectivity index (χ4n) is 5.73. The maximum atomic E-state index is 13.4. The Hall–Kier alpha value is -3.34. The average Bonchev–Trinajstić information content (AvgIpc) is 2.91. The number of aliphatic carboxylic acids is 1. The Morgan fingerprint density at radius 1 is 0.976 bits per heavy atom. The number of benzene rings is 2. The summed E-state index contributed by atoms with van der Waals surface area (Å²) in [6, 6.07) is 8.46. The van der Waals surface area contributed by atoms with E-state index in [-0.39, 0.29) is 59.0 Å². The van der Waals surface area contributed by atoms with Crippen LogP contribution in [0.15, 0.2) is 63.8 Å². The van der Waals surface area contributed by atoms with E-state index in [0.717, 1.165) is 0 Å². The van der Waals surface area contributed by atoms with E-state index in [9.17, 15) is 27.9 Å². The molecule has 0 atom stereocenters. The van der Waals surface area contributed by atoms with Crippen molar-refractivity contribution in [3.63, 3.8) is 0 Å². The fraction of sp³-hybridized carbons (Fsp3) is 0.345. The van der Waals surface area contributed by atoms with E-state index in [0.29, 0.717) is 58.8 Å². The summed E-state index contributed by atoms with van der Waals surface area (Å²) in [7, 11) is -4.32. The number of carboxylic acids is 1. The van der Waals surface area contributed by atoms with Crippen molar-refractivity contribution in [1.29, 1.82) is 0 Å². The molecule has 1 heterocycles. The van der Waals surface area contributed by atoms with Crippen LogP contribution < -0.4 is 8.92 Å². The second-order valence-electron chi connectivity index (χ2n) is 9.94. The Bertz CT molecular complexity index is 1570. The molecule has 9 nitrogen and oxygen atoms in total. The lowest BCUT2D eigenvalue weighted by molar-refractivity contribution is -0.138. The lowest BCUT2D eigenvalue weighted by Crippen LogP contribution is -2.41. The summed E-state index contributed by atoms with van der Waals surface area (Å²) < 4.78 is 37.3. The standard InChI is InChI=1S/C29H27Cl2NO8S/c1-2-39-24-14-16(13-19(31)29(24)40-41(37,38)18-11-9-17(30)10-12-18)26-27-20(5-3-7-22(27)33)32(15-25(35)36)21-6-4-8-23(34)28(21)26/h9-14,26H,2-8,15H2,1H3,(H,35,36). The fourth-order valence-corrected chi connectivity index (χ4v) is 7.12. The third-order valence-electron chi connectivity index (χ3n) is 7.34. The van der Waals surface area contributed by atoms with E-state index < -0.39 is 22.0 Å². The van der Waals surface area contributed by atoms with Gasteiger partial charge in [-0.3, -0.25) is 14.4 Å². The minimum absolute atomic E-state index is 0.0244. The average molecular weight is 621 g/mol. The molecule has 0 radical (unpaired) electrons. The van der Waals surface area contributed by atoms with Gasteiger partial charge >= 0.3 is 16.1 Å². The molecule has 2 aromatic rings. The molecule has 5 rings (SSSR count). The number of carbonyl (C=O) groups excluding carboxylic acids is 2. The SMILES string of the molecule is CCOc1cc(C2C3=C(CCCC3=O)N(CC(=O)O)C3=C2C(=O)CCC3)cc(Cl)c1OS(=O)(=O)c1ccc(Cl)cc1. The van der Waals surface area contributed by atoms with E-state index in [1.807, 2.05) is 0 Å². The molecule has 0 saturated heterocycles. The van der Waals surface area contributed by atoms with Gasteiger partial charge in [0, 0.05) is 46.3 Å². The Balaban J connectivity index is 1.66. The van der Waals surface area contributed by atoms with Gasteiger partial charge in [0.25, 0.3) is 0 Å². The Morgan fingerprint density at radius 3 is 2.10 bits per heavy atom. The normalized spacial score (nSPS) is 17.9. The highest BCUT2D eigenvalue weighted by Gasteiger charge is 2.44. The smallest absolute Gasteiger partial charge is 0.339 e. The van der Waals surface area contributed by atoms with Crippen LogP contribution in [0.25, 0.3) is 0 Å². The highest BCUT2D eigenvalue weighted by molar-refractivity contribution is 7.87. The van der Waals surface area contributed by atoms with Crippen molar-refractivity contribution in [2.24, 2.45) is 0 Å². The zero-order valence-electron chi connectivity index (χ0n) is 22.1.